The van der Waals surface area contributed by atoms with E-state index in [1.165, 1.54) is 0 Å². The molecule has 1 atom stereocenters. The van der Waals surface area contributed by atoms with Crippen LogP contribution in [0.1, 0.15) is 20.3 Å². The van der Waals surface area contributed by atoms with Gasteiger partial charge < -0.3 is 10.0 Å². The van der Waals surface area contributed by atoms with Gasteiger partial charge in [0.1, 0.15) is 12.4 Å². The van der Waals surface area contributed by atoms with Crippen LogP contribution in [-0.4, -0.2) is 28.6 Å². The lowest BCUT2D eigenvalue weighted by atomic mass is 10.2. The number of thiophene rings is 1. The first-order chi connectivity index (χ1) is 8.63. The fraction of sp³-hybridized carbons (Fsp3) is 0.385. The number of hydrogen-bond donors (Lipinski definition) is 1. The van der Waals surface area contributed by atoms with Crippen molar-refractivity contribution in [2.75, 3.05) is 11.4 Å². The lowest BCUT2D eigenvalue weighted by Gasteiger charge is -2.28. The Labute approximate surface area is 110 Å². The number of carbonyl (C=O) groups is 1. The summed E-state index contributed by atoms with van der Waals surface area (Å²) in [7, 11) is 0. The summed E-state index contributed by atoms with van der Waals surface area (Å²) in [5.74, 6) is -0.0603. The quantitative estimate of drug-likeness (QED) is 0.902. The van der Waals surface area contributed by atoms with E-state index in [9.17, 15) is 4.79 Å². The molecule has 1 N–H and O–H groups in total. The highest BCUT2D eigenvalue weighted by Gasteiger charge is 2.19. The number of hydrogen-bond acceptors (Lipinski definition) is 4. The molecule has 0 radical (unpaired) electrons. The molecule has 2 aromatic rings. The van der Waals surface area contributed by atoms with Crippen molar-refractivity contribution in [3.63, 3.8) is 0 Å². The van der Waals surface area contributed by atoms with Gasteiger partial charge in [0, 0.05) is 22.3 Å². The van der Waals surface area contributed by atoms with Crippen LogP contribution >= 0.6 is 11.3 Å². The molecule has 1 unspecified atom stereocenters. The van der Waals surface area contributed by atoms with Crippen molar-refractivity contribution < 1.29 is 9.90 Å². The number of carboxylic acids is 1. The first-order valence-electron chi connectivity index (χ1n) is 5.94. The maximum atomic E-state index is 11.0. The summed E-state index contributed by atoms with van der Waals surface area (Å²) >= 11 is 1.64. The molecule has 5 heteroatoms. The highest BCUT2D eigenvalue weighted by Crippen LogP contribution is 2.29. The molecule has 2 rings (SSSR count). The van der Waals surface area contributed by atoms with Crippen LogP contribution in [0.3, 0.4) is 0 Å². The van der Waals surface area contributed by atoms with E-state index in [2.05, 4.69) is 4.98 Å². The minimum absolute atomic E-state index is 0.0169. The lowest BCUT2D eigenvalue weighted by Crippen LogP contribution is -2.37. The molecule has 0 aromatic carbocycles. The highest BCUT2D eigenvalue weighted by molar-refractivity contribution is 7.17. The summed E-state index contributed by atoms with van der Waals surface area (Å²) in [6, 6.07) is 4.11. The van der Waals surface area contributed by atoms with Crippen molar-refractivity contribution in [2.45, 2.75) is 26.3 Å². The standard InChI is InChI=1S/C13H16N2O2S/c1-3-9(2)15(8-12(16)17)13-10-5-7-18-11(10)4-6-14-13/h4-7,9H,3,8H2,1-2H3,(H,16,17). The van der Waals surface area contributed by atoms with Crippen LogP contribution in [0.5, 0.6) is 0 Å². The van der Waals surface area contributed by atoms with Crippen molar-refractivity contribution >= 4 is 33.2 Å². The van der Waals surface area contributed by atoms with Gasteiger partial charge in [-0.25, -0.2) is 4.98 Å². The molecule has 0 saturated carbocycles. The Morgan fingerprint density at radius 1 is 1.56 bits per heavy atom. The average molecular weight is 264 g/mol. The lowest BCUT2D eigenvalue weighted by molar-refractivity contribution is -0.135. The number of carboxylic acid groups (broad SMARTS) is 1. The van der Waals surface area contributed by atoms with Gasteiger partial charge in [-0.3, -0.25) is 4.79 Å². The van der Waals surface area contributed by atoms with Gasteiger partial charge in [-0.2, -0.15) is 0 Å². The van der Waals surface area contributed by atoms with Crippen LogP contribution < -0.4 is 4.90 Å². The second-order valence-electron chi connectivity index (χ2n) is 4.25. The van der Waals surface area contributed by atoms with Crippen LogP contribution in [0.15, 0.2) is 23.7 Å². The van der Waals surface area contributed by atoms with Gasteiger partial charge in [0.15, 0.2) is 0 Å². The zero-order valence-corrected chi connectivity index (χ0v) is 11.3. The van der Waals surface area contributed by atoms with Crippen molar-refractivity contribution in [2.24, 2.45) is 0 Å². The summed E-state index contributed by atoms with van der Waals surface area (Å²) in [4.78, 5) is 17.2. The Balaban J connectivity index is 2.46. The van der Waals surface area contributed by atoms with Gasteiger partial charge in [-0.05, 0) is 30.9 Å². The van der Waals surface area contributed by atoms with E-state index in [0.717, 1.165) is 22.3 Å². The number of rotatable bonds is 5. The summed E-state index contributed by atoms with van der Waals surface area (Å²) in [6.45, 7) is 4.06. The molecule has 2 aromatic heterocycles. The largest absolute Gasteiger partial charge is 0.480 e. The molecule has 2 heterocycles. The predicted molar refractivity (Wildman–Crippen MR) is 74.4 cm³/mol. The summed E-state index contributed by atoms with van der Waals surface area (Å²) < 4.78 is 1.14. The minimum atomic E-state index is -0.829. The van der Waals surface area contributed by atoms with E-state index in [1.54, 1.807) is 17.5 Å². The van der Waals surface area contributed by atoms with Gasteiger partial charge in [0.05, 0.1) is 0 Å². The smallest absolute Gasteiger partial charge is 0.323 e. The maximum absolute atomic E-state index is 11.0. The predicted octanol–water partition coefficient (Wildman–Crippen LogP) is 2.99. The molecule has 96 valence electrons. The van der Waals surface area contributed by atoms with E-state index < -0.39 is 5.97 Å². The average Bonchev–Trinajstić information content (AvgIpc) is 2.83. The van der Waals surface area contributed by atoms with Crippen molar-refractivity contribution in [1.29, 1.82) is 0 Å². The van der Waals surface area contributed by atoms with Gasteiger partial charge in [0.2, 0.25) is 0 Å². The van der Waals surface area contributed by atoms with Crippen LogP contribution in [0, 0.1) is 0 Å². The monoisotopic (exact) mass is 264 g/mol. The molecule has 0 bridgehead atoms. The third-order valence-electron chi connectivity index (χ3n) is 3.06. The zero-order chi connectivity index (χ0) is 13.1. The van der Waals surface area contributed by atoms with Crippen molar-refractivity contribution in [3.05, 3.63) is 23.7 Å². The van der Waals surface area contributed by atoms with Gasteiger partial charge in [-0.15, -0.1) is 11.3 Å². The normalized spacial score (nSPS) is 12.6. The van der Waals surface area contributed by atoms with Crippen molar-refractivity contribution in [1.82, 2.24) is 4.98 Å². The maximum Gasteiger partial charge on any atom is 0.323 e. The third-order valence-corrected chi connectivity index (χ3v) is 3.94. The number of aromatic nitrogens is 1. The molecule has 4 nitrogen and oxygen atoms in total. The van der Waals surface area contributed by atoms with Crippen LogP contribution in [0.25, 0.3) is 10.1 Å². The molecule has 0 amide bonds. The van der Waals surface area contributed by atoms with Crippen LogP contribution in [-0.2, 0) is 4.79 Å². The van der Waals surface area contributed by atoms with E-state index in [1.807, 2.05) is 36.3 Å². The molecule has 0 fully saturated rings. The van der Waals surface area contributed by atoms with E-state index in [4.69, 9.17) is 5.11 Å². The Morgan fingerprint density at radius 2 is 2.33 bits per heavy atom. The highest BCUT2D eigenvalue weighted by atomic mass is 32.1. The summed E-state index contributed by atoms with van der Waals surface area (Å²) in [5, 5.41) is 12.1. The second kappa shape index (κ2) is 5.35. The molecule has 0 spiro atoms. The third kappa shape index (κ3) is 2.46. The molecule has 0 aliphatic heterocycles. The first-order valence-corrected chi connectivity index (χ1v) is 6.82. The molecule has 18 heavy (non-hydrogen) atoms. The van der Waals surface area contributed by atoms with Gasteiger partial charge in [0.25, 0.3) is 0 Å². The molecular weight excluding hydrogens is 248 g/mol. The molecule has 0 aliphatic carbocycles. The van der Waals surface area contributed by atoms with Crippen LogP contribution in [0.4, 0.5) is 5.82 Å². The molecule has 0 saturated heterocycles. The number of nitrogens with zero attached hydrogens (tertiary/aromatic N) is 2. The number of anilines is 1. The Kier molecular flexibility index (Phi) is 3.81. The summed E-state index contributed by atoms with van der Waals surface area (Å²) in [6.07, 6.45) is 2.63. The van der Waals surface area contributed by atoms with Crippen LogP contribution in [0.2, 0.25) is 0 Å². The van der Waals surface area contributed by atoms with Gasteiger partial charge >= 0.3 is 5.97 Å². The van der Waals surface area contributed by atoms with Crippen molar-refractivity contribution in [3.8, 4) is 0 Å². The molecular formula is C13H16N2O2S. The second-order valence-corrected chi connectivity index (χ2v) is 5.19. The fourth-order valence-electron chi connectivity index (χ4n) is 1.91. The van der Waals surface area contributed by atoms with E-state index in [-0.39, 0.29) is 12.6 Å². The number of fused-ring (bicyclic) bond motifs is 1. The SMILES string of the molecule is CCC(C)N(CC(=O)O)c1nccc2sccc12. The summed E-state index contributed by atoms with van der Waals surface area (Å²) in [5.41, 5.74) is 0. The first kappa shape index (κ1) is 12.8. The zero-order valence-electron chi connectivity index (χ0n) is 10.5. The fourth-order valence-corrected chi connectivity index (χ4v) is 2.69. The number of pyridine rings is 1. The van der Waals surface area contributed by atoms with Gasteiger partial charge in [-0.1, -0.05) is 6.92 Å². The Hall–Kier alpha value is -1.62. The molecule has 0 aliphatic rings. The Morgan fingerprint density at radius 3 is 3.00 bits per heavy atom. The minimum Gasteiger partial charge on any atom is -0.480 e. The van der Waals surface area contributed by atoms with E-state index in [0.29, 0.717) is 0 Å². The topological polar surface area (TPSA) is 53.4 Å². The number of aliphatic carboxylic acids is 1. The Bertz CT molecular complexity index is 553. The van der Waals surface area contributed by atoms with E-state index >= 15 is 0 Å².